The number of aromatic nitrogens is 2. The molecule has 3 nitrogen and oxygen atoms in total. The zero-order valence-electron chi connectivity index (χ0n) is 13.4. The average molecular weight is 305 g/mol. The highest BCUT2D eigenvalue weighted by molar-refractivity contribution is 5.74. The van der Waals surface area contributed by atoms with Gasteiger partial charge in [-0.3, -0.25) is 4.90 Å². The molecule has 0 amide bonds. The molecule has 1 aliphatic rings. The number of hydrogen-bond acceptors (Lipinski definition) is 2. The smallest absolute Gasteiger partial charge is 0.0969 e. The van der Waals surface area contributed by atoms with Crippen molar-refractivity contribution in [3.63, 3.8) is 0 Å². The van der Waals surface area contributed by atoms with Crippen LogP contribution < -0.4 is 0 Å². The van der Waals surface area contributed by atoms with Crippen LogP contribution in [0, 0.1) is 5.92 Å². The zero-order valence-corrected chi connectivity index (χ0v) is 13.4. The van der Waals surface area contributed by atoms with Gasteiger partial charge in [0, 0.05) is 13.1 Å². The van der Waals surface area contributed by atoms with E-state index in [9.17, 15) is 0 Å². The summed E-state index contributed by atoms with van der Waals surface area (Å²) in [5.41, 5.74) is 3.80. The summed E-state index contributed by atoms with van der Waals surface area (Å²) in [5.74, 6) is 0.827. The topological polar surface area (TPSA) is 21.1 Å². The first-order chi connectivity index (χ1) is 11.4. The van der Waals surface area contributed by atoms with Gasteiger partial charge in [-0.05, 0) is 42.9 Å². The molecule has 2 aromatic carbocycles. The van der Waals surface area contributed by atoms with Gasteiger partial charge in [-0.1, -0.05) is 42.5 Å². The number of nitrogens with zero attached hydrogens (tertiary/aromatic N) is 3. The molecule has 1 aliphatic heterocycles. The minimum Gasteiger partial charge on any atom is -0.317 e. The molecule has 118 valence electrons. The Kier molecular flexibility index (Phi) is 4.12. The molecule has 3 heteroatoms. The van der Waals surface area contributed by atoms with E-state index in [0.717, 1.165) is 18.1 Å². The summed E-state index contributed by atoms with van der Waals surface area (Å²) >= 11 is 0. The molecule has 0 bridgehead atoms. The van der Waals surface area contributed by atoms with Gasteiger partial charge in [-0.15, -0.1) is 0 Å². The third-order valence-corrected chi connectivity index (χ3v) is 4.95. The minimum absolute atomic E-state index is 0.827. The third-order valence-electron chi connectivity index (χ3n) is 4.95. The number of fused-ring (bicyclic) bond motifs is 1. The van der Waals surface area contributed by atoms with Crippen LogP contribution in [0.25, 0.3) is 11.0 Å². The lowest BCUT2D eigenvalue weighted by Gasteiger charge is -2.32. The van der Waals surface area contributed by atoms with Gasteiger partial charge in [-0.25, -0.2) is 4.98 Å². The molecule has 0 N–H and O–H groups in total. The van der Waals surface area contributed by atoms with Crippen LogP contribution in [-0.4, -0.2) is 27.5 Å². The third kappa shape index (κ3) is 3.30. The van der Waals surface area contributed by atoms with Gasteiger partial charge in [0.15, 0.2) is 0 Å². The van der Waals surface area contributed by atoms with Crippen molar-refractivity contribution in [2.45, 2.75) is 25.9 Å². The number of likely N-dealkylation sites (tertiary alicyclic amines) is 1. The highest BCUT2D eigenvalue weighted by atomic mass is 15.3. The van der Waals surface area contributed by atoms with Crippen LogP contribution in [0.5, 0.6) is 0 Å². The van der Waals surface area contributed by atoms with Crippen LogP contribution in [0.3, 0.4) is 0 Å². The van der Waals surface area contributed by atoms with E-state index in [1.165, 1.54) is 43.4 Å². The number of rotatable bonds is 4. The van der Waals surface area contributed by atoms with E-state index in [1.54, 1.807) is 0 Å². The van der Waals surface area contributed by atoms with E-state index in [2.05, 4.69) is 69.0 Å². The van der Waals surface area contributed by atoms with E-state index < -0.39 is 0 Å². The molecule has 4 rings (SSSR count). The molecule has 2 heterocycles. The summed E-state index contributed by atoms with van der Waals surface area (Å²) in [5, 5.41) is 0. The summed E-state index contributed by atoms with van der Waals surface area (Å²) in [7, 11) is 0. The van der Waals surface area contributed by atoms with Crippen LogP contribution in [0.2, 0.25) is 0 Å². The van der Waals surface area contributed by atoms with Gasteiger partial charge in [0.1, 0.15) is 0 Å². The first kappa shape index (κ1) is 14.5. The second kappa shape index (κ2) is 6.55. The Morgan fingerprint density at radius 1 is 0.913 bits per heavy atom. The Morgan fingerprint density at radius 2 is 1.65 bits per heavy atom. The Balaban J connectivity index is 1.35. The standard InChI is InChI=1S/C20H23N3/c1-2-6-17(7-3-1)14-18-10-12-22(13-11-18)16-23-15-21-19-8-4-5-9-20(19)23/h1-9,15,18H,10-14,16H2. The molecule has 3 aromatic rings. The lowest BCUT2D eigenvalue weighted by Crippen LogP contribution is -2.35. The molecule has 0 atom stereocenters. The summed E-state index contributed by atoms with van der Waals surface area (Å²) in [6.07, 6.45) is 5.78. The van der Waals surface area contributed by atoms with Crippen LogP contribution in [0.15, 0.2) is 60.9 Å². The second-order valence-corrected chi connectivity index (χ2v) is 6.60. The number of para-hydroxylation sites is 2. The summed E-state index contributed by atoms with van der Waals surface area (Å²) in [4.78, 5) is 7.04. The van der Waals surface area contributed by atoms with Crippen molar-refractivity contribution in [3.05, 3.63) is 66.5 Å². The molecule has 23 heavy (non-hydrogen) atoms. The van der Waals surface area contributed by atoms with Gasteiger partial charge in [0.05, 0.1) is 24.0 Å². The van der Waals surface area contributed by atoms with Gasteiger partial charge >= 0.3 is 0 Å². The number of benzene rings is 2. The van der Waals surface area contributed by atoms with E-state index in [4.69, 9.17) is 0 Å². The Morgan fingerprint density at radius 3 is 2.48 bits per heavy atom. The van der Waals surface area contributed by atoms with Gasteiger partial charge < -0.3 is 4.57 Å². The van der Waals surface area contributed by atoms with Crippen molar-refractivity contribution in [2.75, 3.05) is 13.1 Å². The molecule has 0 saturated carbocycles. The van der Waals surface area contributed by atoms with Crippen molar-refractivity contribution < 1.29 is 0 Å². The minimum atomic E-state index is 0.827. The van der Waals surface area contributed by atoms with E-state index in [-0.39, 0.29) is 0 Å². The molecular weight excluding hydrogens is 282 g/mol. The fourth-order valence-electron chi connectivity index (χ4n) is 3.62. The summed E-state index contributed by atoms with van der Waals surface area (Å²) in [6, 6.07) is 19.3. The predicted octanol–water partition coefficient (Wildman–Crippen LogP) is 3.95. The Bertz CT molecular complexity index is 755. The van der Waals surface area contributed by atoms with Crippen molar-refractivity contribution in [2.24, 2.45) is 5.92 Å². The number of hydrogen-bond donors (Lipinski definition) is 0. The first-order valence-corrected chi connectivity index (χ1v) is 8.54. The highest BCUT2D eigenvalue weighted by Gasteiger charge is 2.19. The fourth-order valence-corrected chi connectivity index (χ4v) is 3.62. The average Bonchev–Trinajstić information content (AvgIpc) is 3.01. The Hall–Kier alpha value is -2.13. The van der Waals surface area contributed by atoms with Crippen molar-refractivity contribution in [1.29, 1.82) is 0 Å². The maximum Gasteiger partial charge on any atom is 0.0969 e. The monoisotopic (exact) mass is 305 g/mol. The normalized spacial score (nSPS) is 16.9. The van der Waals surface area contributed by atoms with Gasteiger partial charge in [0.25, 0.3) is 0 Å². The predicted molar refractivity (Wildman–Crippen MR) is 94.2 cm³/mol. The van der Waals surface area contributed by atoms with Crippen LogP contribution >= 0.6 is 0 Å². The molecule has 0 spiro atoms. The van der Waals surface area contributed by atoms with Crippen molar-refractivity contribution >= 4 is 11.0 Å². The second-order valence-electron chi connectivity index (χ2n) is 6.60. The highest BCUT2D eigenvalue weighted by Crippen LogP contribution is 2.22. The SMILES string of the molecule is c1ccc(CC2CCN(Cn3cnc4ccccc43)CC2)cc1. The maximum atomic E-state index is 4.49. The van der Waals surface area contributed by atoms with Crippen molar-refractivity contribution in [1.82, 2.24) is 14.5 Å². The number of imidazole rings is 1. The fraction of sp³-hybridized carbons (Fsp3) is 0.350. The van der Waals surface area contributed by atoms with E-state index >= 15 is 0 Å². The van der Waals surface area contributed by atoms with Crippen LogP contribution in [0.4, 0.5) is 0 Å². The van der Waals surface area contributed by atoms with E-state index in [1.807, 2.05) is 6.33 Å². The molecule has 1 aromatic heterocycles. The van der Waals surface area contributed by atoms with Gasteiger partial charge in [-0.2, -0.15) is 0 Å². The lowest BCUT2D eigenvalue weighted by atomic mass is 9.90. The molecular formula is C20H23N3. The molecule has 0 radical (unpaired) electrons. The maximum absolute atomic E-state index is 4.49. The molecule has 0 unspecified atom stereocenters. The van der Waals surface area contributed by atoms with E-state index in [0.29, 0.717) is 0 Å². The lowest BCUT2D eigenvalue weighted by molar-refractivity contribution is 0.149. The Labute approximate surface area is 137 Å². The first-order valence-electron chi connectivity index (χ1n) is 8.54. The van der Waals surface area contributed by atoms with Crippen LogP contribution in [0.1, 0.15) is 18.4 Å². The molecule has 0 aliphatic carbocycles. The zero-order chi connectivity index (χ0) is 15.5. The number of piperidine rings is 1. The quantitative estimate of drug-likeness (QED) is 0.728. The molecule has 1 saturated heterocycles. The summed E-state index contributed by atoms with van der Waals surface area (Å²) in [6.45, 7) is 3.33. The summed E-state index contributed by atoms with van der Waals surface area (Å²) < 4.78 is 2.27. The largest absolute Gasteiger partial charge is 0.317 e. The van der Waals surface area contributed by atoms with Crippen molar-refractivity contribution in [3.8, 4) is 0 Å². The van der Waals surface area contributed by atoms with Gasteiger partial charge in [0.2, 0.25) is 0 Å². The molecule has 1 fully saturated rings. The van der Waals surface area contributed by atoms with Crippen LogP contribution in [-0.2, 0) is 13.1 Å².